The smallest absolute Gasteiger partial charge is 0.314 e. The molecule has 0 aromatic rings. The Kier molecular flexibility index (Phi) is 15.0. The van der Waals surface area contributed by atoms with E-state index in [0.29, 0.717) is 56.9 Å². The van der Waals surface area contributed by atoms with Crippen LogP contribution in [0.1, 0.15) is 71.6 Å². The van der Waals surface area contributed by atoms with E-state index < -0.39 is 177 Å². The molecule has 8 aliphatic rings. The van der Waals surface area contributed by atoms with Crippen LogP contribution in [0.25, 0.3) is 0 Å². The van der Waals surface area contributed by atoms with E-state index in [1.54, 1.807) is 0 Å². The second-order valence-corrected chi connectivity index (χ2v) is 20.8. The third kappa shape index (κ3) is 8.63. The molecule has 4 heterocycles. The number of rotatable bonds is 12. The molecule has 384 valence electrons. The fourth-order valence-corrected chi connectivity index (χ4v) is 13.5. The minimum atomic E-state index is -1.95. The van der Waals surface area contributed by atoms with Crippen LogP contribution in [0, 0.1) is 28.1 Å². The van der Waals surface area contributed by atoms with Gasteiger partial charge in [-0.3, -0.25) is 4.79 Å². The number of ether oxygens (including phenoxy) is 8. The third-order valence-corrected chi connectivity index (χ3v) is 17.1. The Morgan fingerprint density at radius 2 is 1.03 bits per heavy atom. The second-order valence-electron chi connectivity index (χ2n) is 20.8. The van der Waals surface area contributed by atoms with E-state index in [4.69, 9.17) is 37.9 Å². The van der Waals surface area contributed by atoms with Crippen molar-refractivity contribution in [1.29, 1.82) is 0 Å². The summed E-state index contributed by atoms with van der Waals surface area (Å²) in [5.41, 5.74) is -2.33. The summed E-state index contributed by atoms with van der Waals surface area (Å²) in [6, 6.07) is 0. The van der Waals surface area contributed by atoms with E-state index >= 15 is 0 Å². The summed E-state index contributed by atoms with van der Waals surface area (Å²) in [4.78, 5) is 14.3. The van der Waals surface area contributed by atoms with Crippen LogP contribution in [0.3, 0.4) is 0 Å². The molecule has 2 bridgehead atoms. The van der Waals surface area contributed by atoms with Crippen molar-refractivity contribution in [2.45, 2.75) is 200 Å². The van der Waals surface area contributed by atoms with Gasteiger partial charge in [0.1, 0.15) is 97.7 Å². The van der Waals surface area contributed by atoms with Crippen molar-refractivity contribution in [3.63, 3.8) is 0 Å². The zero-order valence-corrected chi connectivity index (χ0v) is 37.5. The molecule has 4 aliphatic carbocycles. The summed E-state index contributed by atoms with van der Waals surface area (Å²) < 4.78 is 48.2. The van der Waals surface area contributed by atoms with Gasteiger partial charge in [0.05, 0.1) is 37.4 Å². The predicted octanol–water partition coefficient (Wildman–Crippen LogP) is -5.11. The molecule has 0 aromatic carbocycles. The summed E-state index contributed by atoms with van der Waals surface area (Å²) in [6.45, 7) is 5.41. The predicted molar refractivity (Wildman–Crippen MR) is 219 cm³/mol. The van der Waals surface area contributed by atoms with Gasteiger partial charge in [-0.05, 0) is 86.5 Å². The number of hydrogen-bond donors (Lipinski definition) is 14. The average Bonchev–Trinajstić information content (AvgIpc) is 3.50. The molecule has 26 atom stereocenters. The summed E-state index contributed by atoms with van der Waals surface area (Å²) in [5, 5.41) is 148. The average molecular weight is 967 g/mol. The van der Waals surface area contributed by atoms with Crippen LogP contribution in [0.4, 0.5) is 0 Å². The summed E-state index contributed by atoms with van der Waals surface area (Å²) in [6.07, 6.45) is -29.1. The quantitative estimate of drug-likeness (QED) is 0.0494. The van der Waals surface area contributed by atoms with Crippen molar-refractivity contribution in [3.8, 4) is 0 Å². The monoisotopic (exact) mass is 966 g/mol. The summed E-state index contributed by atoms with van der Waals surface area (Å²) in [7, 11) is 0. The molecule has 14 N–H and O–H groups in total. The van der Waals surface area contributed by atoms with Crippen molar-refractivity contribution in [2.75, 3.05) is 26.4 Å². The fourth-order valence-electron chi connectivity index (χ4n) is 13.5. The molecular weight excluding hydrogens is 896 g/mol. The molecule has 21 unspecified atom stereocenters. The molecule has 4 aliphatic heterocycles. The van der Waals surface area contributed by atoms with Gasteiger partial charge in [-0.15, -0.1) is 0 Å². The van der Waals surface area contributed by atoms with Crippen molar-refractivity contribution in [2.24, 2.45) is 28.1 Å². The largest absolute Gasteiger partial charge is 0.432 e. The maximum absolute atomic E-state index is 14.3. The first-order chi connectivity index (χ1) is 31.6. The highest BCUT2D eigenvalue weighted by molar-refractivity contribution is 5.77. The Morgan fingerprint density at radius 1 is 0.567 bits per heavy atom. The first-order valence-electron chi connectivity index (χ1n) is 23.4. The number of hydrogen-bond acceptors (Lipinski definition) is 23. The number of carbonyl (C=O) groups is 1. The molecule has 67 heavy (non-hydrogen) atoms. The van der Waals surface area contributed by atoms with Crippen LogP contribution in [-0.4, -0.2) is 232 Å². The van der Waals surface area contributed by atoms with Crippen molar-refractivity contribution >= 4 is 5.97 Å². The Morgan fingerprint density at radius 3 is 1.57 bits per heavy atom. The molecule has 23 heteroatoms. The van der Waals surface area contributed by atoms with Crippen molar-refractivity contribution in [3.05, 3.63) is 12.2 Å². The van der Waals surface area contributed by atoms with Gasteiger partial charge in [-0.1, -0.05) is 19.9 Å². The highest BCUT2D eigenvalue weighted by atomic mass is 16.8. The minimum absolute atomic E-state index is 0.0251. The number of aliphatic hydroxyl groups excluding tert-OH is 14. The summed E-state index contributed by atoms with van der Waals surface area (Å²) >= 11 is 0. The Bertz CT molecular complexity index is 1760. The molecule has 23 nitrogen and oxygen atoms in total. The zero-order valence-electron chi connectivity index (χ0n) is 37.5. The van der Waals surface area contributed by atoms with Gasteiger partial charge in [0.25, 0.3) is 0 Å². The number of carbonyl (C=O) groups excluding carboxylic acids is 1. The molecule has 4 saturated carbocycles. The normalized spacial score (nSPS) is 54.5. The fraction of sp³-hybridized carbons (Fsp3) is 0.932. The molecule has 0 aromatic heterocycles. The van der Waals surface area contributed by atoms with E-state index in [2.05, 4.69) is 13.5 Å². The van der Waals surface area contributed by atoms with Crippen LogP contribution in [-0.2, 0) is 42.7 Å². The molecule has 4 saturated heterocycles. The van der Waals surface area contributed by atoms with E-state index in [-0.39, 0.29) is 11.8 Å². The lowest BCUT2D eigenvalue weighted by Gasteiger charge is -2.64. The number of aliphatic hydroxyl groups is 14. The number of esters is 1. The van der Waals surface area contributed by atoms with Gasteiger partial charge in [-0.25, -0.2) is 0 Å². The van der Waals surface area contributed by atoms with Crippen molar-refractivity contribution < 1.29 is 114 Å². The second kappa shape index (κ2) is 19.4. The van der Waals surface area contributed by atoms with E-state index in [1.807, 2.05) is 6.92 Å². The summed E-state index contributed by atoms with van der Waals surface area (Å²) in [5.74, 6) is -0.805. The lowest BCUT2D eigenvalue weighted by Crippen LogP contribution is -2.68. The Hall–Kier alpha value is -1.63. The highest BCUT2D eigenvalue weighted by Crippen LogP contribution is 2.74. The lowest BCUT2D eigenvalue weighted by atomic mass is 9.41. The van der Waals surface area contributed by atoms with E-state index in [0.717, 1.165) is 6.42 Å². The van der Waals surface area contributed by atoms with Crippen molar-refractivity contribution in [1.82, 2.24) is 0 Å². The Labute approximate surface area is 386 Å². The van der Waals surface area contributed by atoms with E-state index in [1.165, 1.54) is 0 Å². The van der Waals surface area contributed by atoms with Crippen LogP contribution >= 0.6 is 0 Å². The zero-order chi connectivity index (χ0) is 48.7. The molecule has 8 fully saturated rings. The Balaban J connectivity index is 1.06. The third-order valence-electron chi connectivity index (χ3n) is 17.1. The maximum Gasteiger partial charge on any atom is 0.314 e. The van der Waals surface area contributed by atoms with Crippen LogP contribution in [0.2, 0.25) is 0 Å². The molecule has 0 amide bonds. The topological polar surface area (TPSA) is 374 Å². The van der Waals surface area contributed by atoms with Gasteiger partial charge in [-0.2, -0.15) is 0 Å². The maximum atomic E-state index is 14.3. The molecular formula is C44H70O23. The van der Waals surface area contributed by atoms with Gasteiger partial charge in [0.15, 0.2) is 18.9 Å². The molecule has 8 rings (SSSR count). The lowest BCUT2D eigenvalue weighted by molar-refractivity contribution is -0.400. The van der Waals surface area contributed by atoms with E-state index in [9.17, 15) is 76.3 Å². The SMILES string of the molecule is C=C1C[C@@]23CCC4[C@](C)(C(=O)OC5OC(CO)C(O)C(O)C5O)CCC[C@@]4(C)[C@@H]2CC[C@]1(OC1OC(CO)C(O)C(OC2OC(CO)C(O)C(O)C2O)C1OC1OC(CO)C(O)C(O)C1O)C3. The van der Waals surface area contributed by atoms with Crippen LogP contribution in [0.5, 0.6) is 0 Å². The highest BCUT2D eigenvalue weighted by Gasteiger charge is 2.70. The first-order valence-corrected chi connectivity index (χ1v) is 23.4. The van der Waals surface area contributed by atoms with Crippen LogP contribution in [0.15, 0.2) is 12.2 Å². The molecule has 1 spiro atoms. The van der Waals surface area contributed by atoms with Gasteiger partial charge < -0.3 is 109 Å². The first kappa shape index (κ1) is 51.7. The number of fused-ring (bicyclic) bond motifs is 3. The van der Waals surface area contributed by atoms with Gasteiger partial charge in [0, 0.05) is 0 Å². The molecule has 0 radical (unpaired) electrons. The van der Waals surface area contributed by atoms with Gasteiger partial charge >= 0.3 is 5.97 Å². The van der Waals surface area contributed by atoms with Gasteiger partial charge in [0.2, 0.25) is 6.29 Å². The standard InChI is InChI=1S/C44H70O23/c1-17-11-43-9-5-22-41(2,7-4-8-42(22,3)40(59)66-38-33(58)30(55)26(51)20(14-47)62-38)23(43)6-10-44(17,16-43)67-39-35(65-37-32(57)29(54)25(50)19(13-46)61-37)34(27(52)21(15-48)63-39)64-36-31(56)28(53)24(49)18(12-45)60-36/h18-39,45-58H,1,4-16H2,2-3H3/t18?,19?,20?,21?,22?,23-,24?,25?,26?,27?,28?,29?,30?,31?,32?,33?,34?,35?,36?,37?,38?,39?,41+,42+,43+,44-/m0/s1. The minimum Gasteiger partial charge on any atom is -0.432 e. The van der Waals surface area contributed by atoms with Crippen LogP contribution < -0.4 is 0 Å².